The van der Waals surface area contributed by atoms with Gasteiger partial charge in [-0.15, -0.1) is 0 Å². The summed E-state index contributed by atoms with van der Waals surface area (Å²) in [4.78, 5) is 8.85. The van der Waals surface area contributed by atoms with E-state index >= 15 is 0 Å². The average Bonchev–Trinajstić information content (AvgIpc) is 2.54. The van der Waals surface area contributed by atoms with Gasteiger partial charge in [0.1, 0.15) is 11.6 Å². The molecule has 0 amide bonds. The summed E-state index contributed by atoms with van der Waals surface area (Å²) in [5.41, 5.74) is 2.75. The zero-order valence-corrected chi connectivity index (χ0v) is 14.6. The van der Waals surface area contributed by atoms with Crippen molar-refractivity contribution in [3.63, 3.8) is 0 Å². The molecule has 0 saturated carbocycles. The number of halogens is 2. The lowest BCUT2D eigenvalue weighted by Crippen LogP contribution is -2.06. The van der Waals surface area contributed by atoms with Gasteiger partial charge in [-0.25, -0.2) is 9.37 Å². The molecular weight excluding hydrogens is 371 g/mol. The van der Waals surface area contributed by atoms with Crippen LogP contribution in [0.25, 0.3) is 0 Å². The van der Waals surface area contributed by atoms with Crippen molar-refractivity contribution in [1.29, 1.82) is 0 Å². The lowest BCUT2D eigenvalue weighted by Gasteiger charge is -2.10. The molecule has 0 saturated heterocycles. The molecule has 0 aliphatic rings. The van der Waals surface area contributed by atoms with Crippen molar-refractivity contribution in [2.24, 2.45) is 0 Å². The predicted octanol–water partition coefficient (Wildman–Crippen LogP) is 5.04. The third kappa shape index (κ3) is 4.52. The first-order chi connectivity index (χ1) is 11.6. The van der Waals surface area contributed by atoms with Gasteiger partial charge in [0.15, 0.2) is 0 Å². The highest BCUT2D eigenvalue weighted by molar-refractivity contribution is 9.10. The maximum atomic E-state index is 12.9. The molecule has 0 aliphatic heterocycles. The monoisotopic (exact) mass is 386 g/mol. The smallest absolute Gasteiger partial charge is 0.225 e. The summed E-state index contributed by atoms with van der Waals surface area (Å²) in [5, 5.41) is 6.43. The molecule has 0 atom stereocenters. The van der Waals surface area contributed by atoms with Gasteiger partial charge in [0.25, 0.3) is 0 Å². The Balaban J connectivity index is 1.72. The molecule has 6 heteroatoms. The minimum atomic E-state index is -0.244. The molecule has 3 aromatic rings. The van der Waals surface area contributed by atoms with Crippen LogP contribution in [-0.2, 0) is 6.54 Å². The molecule has 1 heterocycles. The summed E-state index contributed by atoms with van der Waals surface area (Å²) in [6, 6.07) is 16.1. The van der Waals surface area contributed by atoms with Crippen LogP contribution >= 0.6 is 15.9 Å². The normalized spacial score (nSPS) is 10.5. The number of nitrogens with one attached hydrogen (secondary N) is 2. The van der Waals surface area contributed by atoms with Gasteiger partial charge in [0.2, 0.25) is 5.95 Å². The van der Waals surface area contributed by atoms with E-state index in [9.17, 15) is 4.39 Å². The van der Waals surface area contributed by atoms with Crippen LogP contribution in [0.4, 0.5) is 21.8 Å². The molecule has 0 aliphatic carbocycles. The average molecular weight is 387 g/mol. The van der Waals surface area contributed by atoms with E-state index in [2.05, 4.69) is 36.5 Å². The molecule has 0 radical (unpaired) electrons. The standard InChI is InChI=1S/C18H16BrFN4/c1-12-9-17(23-16-4-2-3-14(19)10-16)24-18(22-12)21-11-13-5-7-15(20)8-6-13/h2-10H,11H2,1H3,(H2,21,22,23,24). The molecule has 1 aromatic heterocycles. The Kier molecular flexibility index (Phi) is 5.05. The first kappa shape index (κ1) is 16.4. The summed E-state index contributed by atoms with van der Waals surface area (Å²) in [5.74, 6) is 0.991. The Morgan fingerprint density at radius 3 is 2.58 bits per heavy atom. The zero-order valence-electron chi connectivity index (χ0n) is 13.1. The molecule has 2 aromatic carbocycles. The van der Waals surface area contributed by atoms with E-state index in [1.54, 1.807) is 12.1 Å². The number of aromatic nitrogens is 2. The van der Waals surface area contributed by atoms with E-state index in [0.717, 1.165) is 21.4 Å². The fourth-order valence-electron chi connectivity index (χ4n) is 2.21. The first-order valence-electron chi connectivity index (χ1n) is 7.45. The van der Waals surface area contributed by atoms with Gasteiger partial charge in [0, 0.05) is 28.5 Å². The van der Waals surface area contributed by atoms with Gasteiger partial charge in [-0.2, -0.15) is 4.98 Å². The molecule has 24 heavy (non-hydrogen) atoms. The fraction of sp³-hybridized carbons (Fsp3) is 0.111. The maximum absolute atomic E-state index is 12.9. The second-order valence-corrected chi connectivity index (χ2v) is 6.25. The predicted molar refractivity (Wildman–Crippen MR) is 97.9 cm³/mol. The van der Waals surface area contributed by atoms with E-state index in [1.165, 1.54) is 12.1 Å². The topological polar surface area (TPSA) is 49.8 Å². The second kappa shape index (κ2) is 7.40. The Bertz CT molecular complexity index is 837. The van der Waals surface area contributed by atoms with E-state index in [1.807, 2.05) is 37.3 Å². The highest BCUT2D eigenvalue weighted by Gasteiger charge is 2.04. The molecule has 3 rings (SSSR count). The summed E-state index contributed by atoms with van der Waals surface area (Å²) in [7, 11) is 0. The summed E-state index contributed by atoms with van der Waals surface area (Å²) >= 11 is 3.45. The van der Waals surface area contributed by atoms with Crippen LogP contribution < -0.4 is 10.6 Å². The summed E-state index contributed by atoms with van der Waals surface area (Å²) < 4.78 is 13.9. The largest absolute Gasteiger partial charge is 0.350 e. The Hall–Kier alpha value is -2.47. The Labute approximate surface area is 148 Å². The molecule has 2 N–H and O–H groups in total. The number of hydrogen-bond donors (Lipinski definition) is 2. The van der Waals surface area contributed by atoms with Crippen LogP contribution in [0.2, 0.25) is 0 Å². The van der Waals surface area contributed by atoms with Crippen molar-refractivity contribution in [1.82, 2.24) is 9.97 Å². The third-order valence-corrected chi connectivity index (χ3v) is 3.81. The van der Waals surface area contributed by atoms with E-state index < -0.39 is 0 Å². The molecule has 0 fully saturated rings. The number of nitrogens with zero attached hydrogens (tertiary/aromatic N) is 2. The number of rotatable bonds is 5. The van der Waals surface area contributed by atoms with Crippen LogP contribution in [0, 0.1) is 12.7 Å². The van der Waals surface area contributed by atoms with Crippen LogP contribution in [0.5, 0.6) is 0 Å². The van der Waals surface area contributed by atoms with Gasteiger partial charge in [-0.3, -0.25) is 0 Å². The maximum Gasteiger partial charge on any atom is 0.225 e. The van der Waals surface area contributed by atoms with Crippen molar-refractivity contribution >= 4 is 33.4 Å². The number of aryl methyl sites for hydroxylation is 1. The quantitative estimate of drug-likeness (QED) is 0.644. The van der Waals surface area contributed by atoms with E-state index in [0.29, 0.717) is 18.3 Å². The van der Waals surface area contributed by atoms with Crippen molar-refractivity contribution in [2.45, 2.75) is 13.5 Å². The lowest BCUT2D eigenvalue weighted by atomic mass is 10.2. The SMILES string of the molecule is Cc1cc(Nc2cccc(Br)c2)nc(NCc2ccc(F)cc2)n1. The Morgan fingerprint density at radius 2 is 1.83 bits per heavy atom. The van der Waals surface area contributed by atoms with E-state index in [-0.39, 0.29) is 5.82 Å². The highest BCUT2D eigenvalue weighted by Crippen LogP contribution is 2.20. The van der Waals surface area contributed by atoms with E-state index in [4.69, 9.17) is 0 Å². The number of benzene rings is 2. The van der Waals surface area contributed by atoms with Crippen LogP contribution in [0.15, 0.2) is 59.1 Å². The van der Waals surface area contributed by atoms with Gasteiger partial charge in [0.05, 0.1) is 0 Å². The highest BCUT2D eigenvalue weighted by atomic mass is 79.9. The lowest BCUT2D eigenvalue weighted by molar-refractivity contribution is 0.627. The molecule has 122 valence electrons. The first-order valence-corrected chi connectivity index (χ1v) is 8.24. The van der Waals surface area contributed by atoms with Gasteiger partial charge >= 0.3 is 0 Å². The molecule has 0 unspecified atom stereocenters. The van der Waals surface area contributed by atoms with Gasteiger partial charge < -0.3 is 10.6 Å². The number of hydrogen-bond acceptors (Lipinski definition) is 4. The van der Waals surface area contributed by atoms with Crippen molar-refractivity contribution in [2.75, 3.05) is 10.6 Å². The summed E-state index contributed by atoms with van der Waals surface area (Å²) in [6.45, 7) is 2.44. The minimum Gasteiger partial charge on any atom is -0.350 e. The number of anilines is 3. The van der Waals surface area contributed by atoms with Crippen LogP contribution in [0.1, 0.15) is 11.3 Å². The third-order valence-electron chi connectivity index (χ3n) is 3.32. The molecular formula is C18H16BrFN4. The van der Waals surface area contributed by atoms with Crippen LogP contribution in [-0.4, -0.2) is 9.97 Å². The molecule has 0 spiro atoms. The molecule has 0 bridgehead atoms. The molecule has 4 nitrogen and oxygen atoms in total. The van der Waals surface area contributed by atoms with Crippen molar-refractivity contribution in [3.05, 3.63) is 76.1 Å². The van der Waals surface area contributed by atoms with Gasteiger partial charge in [-0.1, -0.05) is 34.1 Å². The van der Waals surface area contributed by atoms with Crippen molar-refractivity contribution < 1.29 is 4.39 Å². The summed E-state index contributed by atoms with van der Waals surface area (Å²) in [6.07, 6.45) is 0. The minimum absolute atomic E-state index is 0.244. The fourth-order valence-corrected chi connectivity index (χ4v) is 2.61. The van der Waals surface area contributed by atoms with Crippen LogP contribution in [0.3, 0.4) is 0 Å². The van der Waals surface area contributed by atoms with Crippen molar-refractivity contribution in [3.8, 4) is 0 Å². The Morgan fingerprint density at radius 1 is 1.04 bits per heavy atom. The zero-order chi connectivity index (χ0) is 16.9. The van der Waals surface area contributed by atoms with Gasteiger partial charge in [-0.05, 0) is 42.8 Å². The second-order valence-electron chi connectivity index (χ2n) is 5.33.